The summed E-state index contributed by atoms with van der Waals surface area (Å²) < 4.78 is 63.2. The van der Waals surface area contributed by atoms with Gasteiger partial charge in [0.2, 0.25) is 10.0 Å². The molecule has 1 saturated heterocycles. The first-order valence-electron chi connectivity index (χ1n) is 6.82. The van der Waals surface area contributed by atoms with Crippen LogP contribution >= 0.6 is 11.8 Å². The fraction of sp³-hybridized carbons (Fsp3) is 0.538. The first-order chi connectivity index (χ1) is 10.3. The summed E-state index contributed by atoms with van der Waals surface area (Å²) in [6.07, 6.45) is 1.78. The molecule has 1 aromatic rings. The van der Waals surface area contributed by atoms with Gasteiger partial charge in [-0.2, -0.15) is 13.2 Å². The van der Waals surface area contributed by atoms with Crippen molar-refractivity contribution in [1.29, 1.82) is 0 Å². The van der Waals surface area contributed by atoms with Gasteiger partial charge in [0.05, 0.1) is 4.90 Å². The summed E-state index contributed by atoms with van der Waals surface area (Å²) in [7, 11) is -3.67. The third-order valence-electron chi connectivity index (χ3n) is 3.37. The zero-order valence-corrected chi connectivity index (χ0v) is 13.3. The second kappa shape index (κ2) is 7.20. The van der Waals surface area contributed by atoms with Crippen molar-refractivity contribution in [1.82, 2.24) is 10.0 Å². The number of sulfonamides is 1. The van der Waals surface area contributed by atoms with Gasteiger partial charge in [-0.25, -0.2) is 13.1 Å². The van der Waals surface area contributed by atoms with Crippen LogP contribution in [0.3, 0.4) is 0 Å². The Labute approximate surface area is 131 Å². The van der Waals surface area contributed by atoms with Gasteiger partial charge < -0.3 is 5.32 Å². The average molecular weight is 354 g/mol. The number of alkyl halides is 3. The highest BCUT2D eigenvalue weighted by Crippen LogP contribution is 2.36. The molecular formula is C13H17F3N2O2S2. The molecule has 1 aliphatic rings. The van der Waals surface area contributed by atoms with Gasteiger partial charge in [0, 0.05) is 11.4 Å². The standard InChI is InChI=1S/C13H17F3N2O2S2/c14-13(15,16)21-11-1-3-12(4-2-11)22(19,20)18-8-6-10-5-7-17-9-10/h1-4,10,17-18H,5-9H2. The Morgan fingerprint density at radius 2 is 1.95 bits per heavy atom. The summed E-state index contributed by atoms with van der Waals surface area (Å²) in [5.74, 6) is 0.466. The van der Waals surface area contributed by atoms with Crippen LogP contribution in [-0.4, -0.2) is 33.6 Å². The molecule has 0 radical (unpaired) electrons. The molecule has 0 saturated carbocycles. The minimum absolute atomic E-state index is 0.0245. The first kappa shape index (κ1) is 17.6. The molecule has 0 spiro atoms. The van der Waals surface area contributed by atoms with Crippen LogP contribution in [0.4, 0.5) is 13.2 Å². The third kappa shape index (κ3) is 5.45. The maximum absolute atomic E-state index is 12.2. The molecule has 0 amide bonds. The molecule has 124 valence electrons. The normalized spacial score (nSPS) is 19.5. The Balaban J connectivity index is 1.91. The van der Waals surface area contributed by atoms with Crippen molar-refractivity contribution in [3.05, 3.63) is 24.3 Å². The molecular weight excluding hydrogens is 337 g/mol. The SMILES string of the molecule is O=S(=O)(NCCC1CCNC1)c1ccc(SC(F)(F)F)cc1. The molecule has 1 fully saturated rings. The molecule has 2 N–H and O–H groups in total. The van der Waals surface area contributed by atoms with Gasteiger partial charge >= 0.3 is 5.51 Å². The van der Waals surface area contributed by atoms with Gasteiger partial charge in [0.1, 0.15) is 0 Å². The molecule has 1 atom stereocenters. The molecule has 0 aliphatic carbocycles. The quantitative estimate of drug-likeness (QED) is 0.771. The number of halogens is 3. The number of rotatable bonds is 6. The lowest BCUT2D eigenvalue weighted by Gasteiger charge is -2.11. The fourth-order valence-corrected chi connectivity index (χ4v) is 3.85. The van der Waals surface area contributed by atoms with E-state index in [2.05, 4.69) is 10.0 Å². The largest absolute Gasteiger partial charge is 0.446 e. The molecule has 1 unspecified atom stereocenters. The number of hydrogen-bond donors (Lipinski definition) is 2. The van der Waals surface area contributed by atoms with E-state index in [0.29, 0.717) is 12.5 Å². The van der Waals surface area contributed by atoms with E-state index in [-0.39, 0.29) is 21.6 Å². The Morgan fingerprint density at radius 1 is 1.27 bits per heavy atom. The fourth-order valence-electron chi connectivity index (χ4n) is 2.26. The predicted octanol–water partition coefficient (Wildman–Crippen LogP) is 2.58. The van der Waals surface area contributed by atoms with Crippen LogP contribution in [0.2, 0.25) is 0 Å². The summed E-state index contributed by atoms with van der Waals surface area (Å²) in [6, 6.07) is 4.70. The lowest BCUT2D eigenvalue weighted by atomic mass is 10.1. The van der Waals surface area contributed by atoms with Crippen molar-refractivity contribution >= 4 is 21.8 Å². The van der Waals surface area contributed by atoms with Gasteiger partial charge in [-0.15, -0.1) is 0 Å². The molecule has 4 nitrogen and oxygen atoms in total. The summed E-state index contributed by atoms with van der Waals surface area (Å²) in [4.78, 5) is -0.0629. The van der Waals surface area contributed by atoms with E-state index in [1.165, 1.54) is 12.1 Å². The van der Waals surface area contributed by atoms with Crippen LogP contribution in [0, 0.1) is 5.92 Å². The smallest absolute Gasteiger partial charge is 0.316 e. The van der Waals surface area contributed by atoms with Crippen molar-refractivity contribution in [3.8, 4) is 0 Å². The van der Waals surface area contributed by atoms with Gasteiger partial charge in [0.15, 0.2) is 0 Å². The van der Waals surface area contributed by atoms with E-state index in [4.69, 9.17) is 0 Å². The van der Waals surface area contributed by atoms with Crippen LogP contribution in [0.25, 0.3) is 0 Å². The minimum atomic E-state index is -4.38. The van der Waals surface area contributed by atoms with Crippen LogP contribution in [0.1, 0.15) is 12.8 Å². The minimum Gasteiger partial charge on any atom is -0.316 e. The highest BCUT2D eigenvalue weighted by Gasteiger charge is 2.29. The van der Waals surface area contributed by atoms with Crippen molar-refractivity contribution < 1.29 is 21.6 Å². The van der Waals surface area contributed by atoms with Gasteiger partial charge in [-0.1, -0.05) is 0 Å². The lowest BCUT2D eigenvalue weighted by Crippen LogP contribution is -2.26. The molecule has 1 aromatic carbocycles. The maximum Gasteiger partial charge on any atom is 0.446 e. The second-order valence-electron chi connectivity index (χ2n) is 5.06. The van der Waals surface area contributed by atoms with Crippen molar-refractivity contribution in [2.75, 3.05) is 19.6 Å². The van der Waals surface area contributed by atoms with E-state index in [0.717, 1.165) is 38.1 Å². The van der Waals surface area contributed by atoms with Gasteiger partial charge in [0.25, 0.3) is 0 Å². The number of nitrogens with one attached hydrogen (secondary N) is 2. The molecule has 22 heavy (non-hydrogen) atoms. The Bertz CT molecular complexity index is 582. The zero-order valence-electron chi connectivity index (χ0n) is 11.7. The Kier molecular flexibility index (Phi) is 5.76. The van der Waals surface area contributed by atoms with Crippen molar-refractivity contribution in [3.63, 3.8) is 0 Å². The number of thioether (sulfide) groups is 1. The monoisotopic (exact) mass is 354 g/mol. The van der Waals surface area contributed by atoms with Crippen LogP contribution < -0.4 is 10.0 Å². The first-order valence-corrected chi connectivity index (χ1v) is 9.12. The molecule has 2 rings (SSSR count). The second-order valence-corrected chi connectivity index (χ2v) is 7.97. The Hall–Kier alpha value is -0.770. The van der Waals surface area contributed by atoms with E-state index < -0.39 is 15.5 Å². The number of hydrogen-bond acceptors (Lipinski definition) is 4. The molecule has 9 heteroatoms. The average Bonchev–Trinajstić information content (AvgIpc) is 2.90. The van der Waals surface area contributed by atoms with E-state index in [1.54, 1.807) is 0 Å². The summed E-state index contributed by atoms with van der Waals surface area (Å²) in [6.45, 7) is 2.18. The van der Waals surface area contributed by atoms with Gasteiger partial charge in [-0.3, -0.25) is 0 Å². The van der Waals surface area contributed by atoms with E-state index in [1.807, 2.05) is 0 Å². The number of benzene rings is 1. The van der Waals surface area contributed by atoms with Crippen molar-refractivity contribution in [2.45, 2.75) is 28.1 Å². The highest BCUT2D eigenvalue weighted by molar-refractivity contribution is 8.00. The predicted molar refractivity (Wildman–Crippen MR) is 79.1 cm³/mol. The Morgan fingerprint density at radius 3 is 2.50 bits per heavy atom. The molecule has 0 aromatic heterocycles. The van der Waals surface area contributed by atoms with Crippen molar-refractivity contribution in [2.24, 2.45) is 5.92 Å². The van der Waals surface area contributed by atoms with Gasteiger partial charge in [-0.05, 0) is 67.9 Å². The lowest BCUT2D eigenvalue weighted by molar-refractivity contribution is -0.0328. The van der Waals surface area contributed by atoms with E-state index >= 15 is 0 Å². The zero-order chi connectivity index (χ0) is 16.2. The van der Waals surface area contributed by atoms with Crippen LogP contribution in [0.5, 0.6) is 0 Å². The highest BCUT2D eigenvalue weighted by atomic mass is 32.2. The summed E-state index contributed by atoms with van der Waals surface area (Å²) in [5.41, 5.74) is -4.38. The van der Waals surface area contributed by atoms with E-state index in [9.17, 15) is 21.6 Å². The van der Waals surface area contributed by atoms with Crippen LogP contribution in [-0.2, 0) is 10.0 Å². The van der Waals surface area contributed by atoms with Crippen LogP contribution in [0.15, 0.2) is 34.1 Å². The summed E-state index contributed by atoms with van der Waals surface area (Å²) >= 11 is -0.267. The molecule has 1 aliphatic heterocycles. The molecule has 1 heterocycles. The maximum atomic E-state index is 12.2. The molecule has 0 bridgehead atoms. The summed E-state index contributed by atoms with van der Waals surface area (Å²) in [5, 5.41) is 3.21. The topological polar surface area (TPSA) is 58.2 Å². The third-order valence-corrected chi connectivity index (χ3v) is 5.59.